The molecule has 0 spiro atoms. The molecule has 1 N–H and O–H groups in total. The topological polar surface area (TPSA) is 60.5 Å². The normalized spacial score (nSPS) is 13.1. The van der Waals surface area contributed by atoms with Crippen molar-refractivity contribution < 1.29 is 14.3 Å². The maximum Gasteiger partial charge on any atom is 0.257 e. The van der Waals surface area contributed by atoms with Crippen LogP contribution >= 0.6 is 22.9 Å². The fourth-order valence-corrected chi connectivity index (χ4v) is 3.72. The van der Waals surface area contributed by atoms with Crippen molar-refractivity contribution in [3.63, 3.8) is 0 Å². The quantitative estimate of drug-likeness (QED) is 0.741. The molecule has 0 saturated carbocycles. The van der Waals surface area contributed by atoms with Crippen LogP contribution < -0.4 is 14.8 Å². The molecule has 7 heteroatoms. The molecule has 24 heavy (non-hydrogen) atoms. The van der Waals surface area contributed by atoms with Crippen LogP contribution in [0, 0.1) is 6.92 Å². The molecule has 0 atom stereocenters. The van der Waals surface area contributed by atoms with Crippen LogP contribution in [0.15, 0.2) is 30.3 Å². The summed E-state index contributed by atoms with van der Waals surface area (Å²) in [6, 6.07) is 9.19. The van der Waals surface area contributed by atoms with E-state index in [4.69, 9.17) is 21.1 Å². The molecule has 2 aromatic carbocycles. The summed E-state index contributed by atoms with van der Waals surface area (Å²) in [4.78, 5) is 16.9. The Morgan fingerprint density at radius 2 is 2.08 bits per heavy atom. The van der Waals surface area contributed by atoms with Crippen molar-refractivity contribution in [3.8, 4) is 11.5 Å². The third-order valence-corrected chi connectivity index (χ3v) is 4.84. The van der Waals surface area contributed by atoms with E-state index in [-0.39, 0.29) is 5.91 Å². The average Bonchev–Trinajstić information content (AvgIpc) is 2.96. The minimum atomic E-state index is -0.287. The number of thiazole rings is 1. The second kappa shape index (κ2) is 5.96. The van der Waals surface area contributed by atoms with Crippen LogP contribution in [-0.4, -0.2) is 24.1 Å². The number of nitrogens with one attached hydrogen (secondary N) is 1. The van der Waals surface area contributed by atoms with Crippen molar-refractivity contribution in [2.45, 2.75) is 6.92 Å². The third-order valence-electron chi connectivity index (χ3n) is 3.62. The molecule has 1 aliphatic rings. The first-order valence-electron chi connectivity index (χ1n) is 7.38. The number of aryl methyl sites for hydroxylation is 1. The SMILES string of the molecule is Cc1ccc2nc(NC(=O)c3cc(Cl)c4c(c3)OCCO4)sc2c1. The summed E-state index contributed by atoms with van der Waals surface area (Å²) in [6.07, 6.45) is 0. The summed E-state index contributed by atoms with van der Waals surface area (Å²) < 4.78 is 12.0. The number of anilines is 1. The Kier molecular flexibility index (Phi) is 3.78. The highest BCUT2D eigenvalue weighted by Gasteiger charge is 2.20. The summed E-state index contributed by atoms with van der Waals surface area (Å²) >= 11 is 7.61. The van der Waals surface area contributed by atoms with Gasteiger partial charge in [0.05, 0.1) is 15.2 Å². The number of rotatable bonds is 2. The monoisotopic (exact) mass is 360 g/mol. The van der Waals surface area contributed by atoms with Crippen molar-refractivity contribution >= 4 is 44.2 Å². The number of amides is 1. The minimum absolute atomic E-state index is 0.287. The van der Waals surface area contributed by atoms with Crippen LogP contribution in [0.5, 0.6) is 11.5 Å². The molecule has 0 bridgehead atoms. The lowest BCUT2D eigenvalue weighted by Gasteiger charge is -2.20. The highest BCUT2D eigenvalue weighted by molar-refractivity contribution is 7.22. The molecule has 3 aromatic rings. The molecule has 2 heterocycles. The maximum atomic E-state index is 12.5. The van der Waals surface area contributed by atoms with Gasteiger partial charge in [0.25, 0.3) is 5.91 Å². The van der Waals surface area contributed by atoms with Gasteiger partial charge in [-0.15, -0.1) is 0 Å². The molecular weight excluding hydrogens is 348 g/mol. The van der Waals surface area contributed by atoms with Crippen molar-refractivity contribution in [2.75, 3.05) is 18.5 Å². The molecular formula is C17H13ClN2O3S. The molecule has 122 valence electrons. The van der Waals surface area contributed by atoms with Gasteiger partial charge in [-0.25, -0.2) is 4.98 Å². The Hall–Kier alpha value is -2.31. The fraction of sp³-hybridized carbons (Fsp3) is 0.176. The number of carbonyl (C=O) groups is 1. The third kappa shape index (κ3) is 2.79. The summed E-state index contributed by atoms with van der Waals surface area (Å²) in [5, 5.41) is 3.72. The molecule has 4 rings (SSSR count). The second-order valence-electron chi connectivity index (χ2n) is 5.43. The van der Waals surface area contributed by atoms with Crippen LogP contribution in [0.2, 0.25) is 5.02 Å². The molecule has 0 saturated heterocycles. The van der Waals surface area contributed by atoms with E-state index in [0.717, 1.165) is 15.8 Å². The van der Waals surface area contributed by atoms with Crippen molar-refractivity contribution in [3.05, 3.63) is 46.5 Å². The zero-order valence-electron chi connectivity index (χ0n) is 12.8. The molecule has 0 aliphatic carbocycles. The van der Waals surface area contributed by atoms with Gasteiger partial charge < -0.3 is 9.47 Å². The predicted octanol–water partition coefficient (Wildman–Crippen LogP) is 4.28. The molecule has 0 radical (unpaired) electrons. The van der Waals surface area contributed by atoms with Crippen molar-refractivity contribution in [1.82, 2.24) is 4.98 Å². The van der Waals surface area contributed by atoms with Crippen molar-refractivity contribution in [2.24, 2.45) is 0 Å². The lowest BCUT2D eigenvalue weighted by Crippen LogP contribution is -2.17. The van der Waals surface area contributed by atoms with Gasteiger partial charge in [0.1, 0.15) is 13.2 Å². The van der Waals surface area contributed by atoms with Crippen LogP contribution in [0.4, 0.5) is 5.13 Å². The zero-order chi connectivity index (χ0) is 16.7. The lowest BCUT2D eigenvalue weighted by atomic mass is 10.2. The van der Waals surface area contributed by atoms with E-state index < -0.39 is 0 Å². The molecule has 0 fully saturated rings. The van der Waals surface area contributed by atoms with Crippen LogP contribution in [0.3, 0.4) is 0 Å². The maximum absolute atomic E-state index is 12.5. The van der Waals surface area contributed by atoms with Gasteiger partial charge in [0.2, 0.25) is 0 Å². The molecule has 1 amide bonds. The number of aromatic nitrogens is 1. The van der Waals surface area contributed by atoms with Gasteiger partial charge in [-0.2, -0.15) is 0 Å². The van der Waals surface area contributed by atoms with Gasteiger partial charge in [0.15, 0.2) is 16.6 Å². The summed E-state index contributed by atoms with van der Waals surface area (Å²) in [5.74, 6) is 0.679. The van der Waals surface area contributed by atoms with Gasteiger partial charge in [-0.3, -0.25) is 10.1 Å². The van der Waals surface area contributed by atoms with Gasteiger partial charge in [-0.05, 0) is 36.8 Å². The lowest BCUT2D eigenvalue weighted by molar-refractivity contribution is 0.102. The van der Waals surface area contributed by atoms with Crippen LogP contribution in [0.25, 0.3) is 10.2 Å². The molecule has 1 aliphatic heterocycles. The van der Waals surface area contributed by atoms with E-state index in [9.17, 15) is 4.79 Å². The van der Waals surface area contributed by atoms with E-state index in [0.29, 0.717) is 40.4 Å². The smallest absolute Gasteiger partial charge is 0.257 e. The summed E-state index contributed by atoms with van der Waals surface area (Å²) in [5.41, 5.74) is 2.42. The Bertz CT molecular complexity index is 954. The van der Waals surface area contributed by atoms with Gasteiger partial charge in [-0.1, -0.05) is 29.0 Å². The number of hydrogen-bond donors (Lipinski definition) is 1. The number of ether oxygens (including phenoxy) is 2. The Labute approximate surface area is 147 Å². The Balaban J connectivity index is 1.62. The first-order valence-corrected chi connectivity index (χ1v) is 8.57. The highest BCUT2D eigenvalue weighted by Crippen LogP contribution is 2.38. The van der Waals surface area contributed by atoms with Crippen LogP contribution in [0.1, 0.15) is 15.9 Å². The Morgan fingerprint density at radius 1 is 1.25 bits per heavy atom. The highest BCUT2D eigenvalue weighted by atomic mass is 35.5. The van der Waals surface area contributed by atoms with E-state index in [2.05, 4.69) is 10.3 Å². The van der Waals surface area contributed by atoms with E-state index in [1.165, 1.54) is 11.3 Å². The number of fused-ring (bicyclic) bond motifs is 2. The minimum Gasteiger partial charge on any atom is -0.486 e. The average molecular weight is 361 g/mol. The van der Waals surface area contributed by atoms with E-state index in [1.54, 1.807) is 12.1 Å². The molecule has 1 aromatic heterocycles. The molecule has 5 nitrogen and oxygen atoms in total. The zero-order valence-corrected chi connectivity index (χ0v) is 14.3. The van der Waals surface area contributed by atoms with Crippen LogP contribution in [-0.2, 0) is 0 Å². The first kappa shape index (κ1) is 15.2. The number of nitrogens with zero attached hydrogens (tertiary/aromatic N) is 1. The largest absolute Gasteiger partial charge is 0.486 e. The standard InChI is InChI=1S/C17H13ClN2O3S/c1-9-2-3-12-14(6-9)24-17(19-12)20-16(21)10-7-11(18)15-13(8-10)22-4-5-23-15/h2-3,6-8H,4-5H2,1H3,(H,19,20,21). The Morgan fingerprint density at radius 3 is 2.96 bits per heavy atom. The number of hydrogen-bond acceptors (Lipinski definition) is 5. The number of halogens is 1. The number of benzene rings is 2. The van der Waals surface area contributed by atoms with Gasteiger partial charge >= 0.3 is 0 Å². The van der Waals surface area contributed by atoms with Gasteiger partial charge in [0, 0.05) is 5.56 Å². The molecule has 0 unspecified atom stereocenters. The van der Waals surface area contributed by atoms with E-state index in [1.807, 2.05) is 25.1 Å². The second-order valence-corrected chi connectivity index (χ2v) is 6.86. The van der Waals surface area contributed by atoms with E-state index >= 15 is 0 Å². The fourth-order valence-electron chi connectivity index (χ4n) is 2.50. The summed E-state index contributed by atoms with van der Waals surface area (Å²) in [6.45, 7) is 2.91. The summed E-state index contributed by atoms with van der Waals surface area (Å²) in [7, 11) is 0. The number of carbonyl (C=O) groups excluding carboxylic acids is 1. The predicted molar refractivity (Wildman–Crippen MR) is 94.8 cm³/mol. The van der Waals surface area contributed by atoms with Crippen molar-refractivity contribution in [1.29, 1.82) is 0 Å². The first-order chi connectivity index (χ1) is 11.6.